The molecule has 1 heterocycles. The molecule has 1 saturated carbocycles. The Morgan fingerprint density at radius 2 is 1.88 bits per heavy atom. The second-order valence-corrected chi connectivity index (χ2v) is 9.56. The molecule has 0 aliphatic heterocycles. The van der Waals surface area contributed by atoms with Gasteiger partial charge in [0.2, 0.25) is 5.91 Å². The average molecular weight is 452 g/mol. The Balaban J connectivity index is 1.61. The third-order valence-electron chi connectivity index (χ3n) is 5.93. The lowest BCUT2D eigenvalue weighted by Gasteiger charge is -2.24. The van der Waals surface area contributed by atoms with E-state index in [0.717, 1.165) is 24.2 Å². The van der Waals surface area contributed by atoms with E-state index >= 15 is 0 Å². The molecule has 168 valence electrons. The number of amides is 1. The summed E-state index contributed by atoms with van der Waals surface area (Å²) in [6, 6.07) is 15.2. The smallest absolute Gasteiger partial charge is 0.262 e. The lowest BCUT2D eigenvalue weighted by atomic mass is 9.95. The Bertz CT molecular complexity index is 1140. The first kappa shape index (κ1) is 22.4. The number of nitrogens with zero attached hydrogens (tertiary/aromatic N) is 2. The summed E-state index contributed by atoms with van der Waals surface area (Å²) in [5, 5.41) is 3.95. The van der Waals surface area contributed by atoms with Gasteiger partial charge in [0.25, 0.3) is 5.56 Å². The zero-order valence-electron chi connectivity index (χ0n) is 18.5. The largest absolute Gasteiger partial charge is 0.497 e. The van der Waals surface area contributed by atoms with Crippen molar-refractivity contribution in [2.24, 2.45) is 0 Å². The van der Waals surface area contributed by atoms with Crippen LogP contribution in [0, 0.1) is 0 Å². The predicted octanol–water partition coefficient (Wildman–Crippen LogP) is 4.38. The first-order chi connectivity index (χ1) is 15.5. The zero-order valence-corrected chi connectivity index (χ0v) is 19.4. The molecule has 0 radical (unpaired) electrons. The molecule has 0 bridgehead atoms. The van der Waals surface area contributed by atoms with E-state index in [1.165, 1.54) is 31.0 Å². The molecule has 3 aromatic rings. The molecule has 1 fully saturated rings. The van der Waals surface area contributed by atoms with Gasteiger partial charge >= 0.3 is 0 Å². The number of benzene rings is 2. The number of para-hydroxylation sites is 1. The maximum absolute atomic E-state index is 13.3. The standard InChI is InChI=1S/C25H29N3O3S/c1-17(23(29)26-19-8-4-3-5-9-19)32-25-27-22-11-7-6-10-21(22)24(30)28(25)16-18-12-14-20(31-2)15-13-18/h6-7,10-15,17,19H,3-5,8-9,16H2,1-2H3,(H,26,29). The second kappa shape index (κ2) is 10.2. The Labute approximate surface area is 192 Å². The molecule has 1 aromatic heterocycles. The normalized spacial score (nSPS) is 15.4. The van der Waals surface area contributed by atoms with Crippen LogP contribution in [0.4, 0.5) is 0 Å². The fourth-order valence-corrected chi connectivity index (χ4v) is 4.98. The van der Waals surface area contributed by atoms with Crippen molar-refractivity contribution < 1.29 is 9.53 Å². The first-order valence-electron chi connectivity index (χ1n) is 11.1. The molecule has 4 rings (SSSR count). The van der Waals surface area contributed by atoms with Gasteiger partial charge in [0.1, 0.15) is 5.75 Å². The Morgan fingerprint density at radius 1 is 1.16 bits per heavy atom. The van der Waals surface area contributed by atoms with Crippen LogP contribution >= 0.6 is 11.8 Å². The van der Waals surface area contributed by atoms with Gasteiger partial charge in [0.15, 0.2) is 5.16 Å². The molecule has 1 aliphatic rings. The van der Waals surface area contributed by atoms with Crippen LogP contribution in [0.2, 0.25) is 0 Å². The molecule has 1 aliphatic carbocycles. The third kappa shape index (κ3) is 5.15. The minimum absolute atomic E-state index is 0.000282. The number of aromatic nitrogens is 2. The molecule has 32 heavy (non-hydrogen) atoms. The number of methoxy groups -OCH3 is 1. The number of fused-ring (bicyclic) bond motifs is 1. The number of nitrogens with one attached hydrogen (secondary N) is 1. The Morgan fingerprint density at radius 3 is 2.59 bits per heavy atom. The number of carbonyl (C=O) groups is 1. The Hall–Kier alpha value is -2.80. The van der Waals surface area contributed by atoms with Gasteiger partial charge in [-0.05, 0) is 49.6 Å². The first-order valence-corrected chi connectivity index (χ1v) is 12.0. The van der Waals surface area contributed by atoms with Crippen LogP contribution in [-0.2, 0) is 11.3 Å². The lowest BCUT2D eigenvalue weighted by Crippen LogP contribution is -2.40. The van der Waals surface area contributed by atoms with E-state index in [9.17, 15) is 9.59 Å². The predicted molar refractivity (Wildman–Crippen MR) is 128 cm³/mol. The molecule has 1 atom stereocenters. The van der Waals surface area contributed by atoms with E-state index in [1.807, 2.05) is 49.4 Å². The van der Waals surface area contributed by atoms with Crippen LogP contribution in [0.5, 0.6) is 5.75 Å². The van der Waals surface area contributed by atoms with Crippen molar-refractivity contribution >= 4 is 28.6 Å². The molecule has 1 N–H and O–H groups in total. The molecule has 0 saturated heterocycles. The van der Waals surface area contributed by atoms with Crippen LogP contribution in [0.25, 0.3) is 10.9 Å². The summed E-state index contributed by atoms with van der Waals surface area (Å²) in [5.74, 6) is 0.764. The summed E-state index contributed by atoms with van der Waals surface area (Å²) in [6.07, 6.45) is 5.66. The molecule has 1 unspecified atom stereocenters. The van der Waals surface area contributed by atoms with Crippen molar-refractivity contribution in [2.45, 2.75) is 62.0 Å². The minimum Gasteiger partial charge on any atom is -0.497 e. The van der Waals surface area contributed by atoms with Crippen LogP contribution in [0.3, 0.4) is 0 Å². The van der Waals surface area contributed by atoms with E-state index in [0.29, 0.717) is 22.6 Å². The molecule has 2 aromatic carbocycles. The van der Waals surface area contributed by atoms with Gasteiger partial charge in [-0.3, -0.25) is 14.2 Å². The van der Waals surface area contributed by atoms with Crippen molar-refractivity contribution in [1.29, 1.82) is 0 Å². The molecule has 1 amide bonds. The zero-order chi connectivity index (χ0) is 22.5. The van der Waals surface area contributed by atoms with Crippen LogP contribution in [0.15, 0.2) is 58.5 Å². The van der Waals surface area contributed by atoms with E-state index in [-0.39, 0.29) is 22.8 Å². The molecular formula is C25H29N3O3S. The number of hydrogen-bond acceptors (Lipinski definition) is 5. The van der Waals surface area contributed by atoms with Crippen molar-refractivity contribution in [3.63, 3.8) is 0 Å². The quantitative estimate of drug-likeness (QED) is 0.426. The van der Waals surface area contributed by atoms with Crippen LogP contribution in [-0.4, -0.2) is 33.9 Å². The van der Waals surface area contributed by atoms with E-state index < -0.39 is 0 Å². The topological polar surface area (TPSA) is 73.2 Å². The van der Waals surface area contributed by atoms with Gasteiger partial charge in [-0.2, -0.15) is 0 Å². The van der Waals surface area contributed by atoms with Crippen molar-refractivity contribution in [1.82, 2.24) is 14.9 Å². The van der Waals surface area contributed by atoms with Gasteiger partial charge in [-0.15, -0.1) is 0 Å². The highest BCUT2D eigenvalue weighted by atomic mass is 32.2. The van der Waals surface area contributed by atoms with Crippen LogP contribution in [0.1, 0.15) is 44.6 Å². The van der Waals surface area contributed by atoms with Crippen LogP contribution < -0.4 is 15.6 Å². The van der Waals surface area contributed by atoms with Gasteiger partial charge in [0, 0.05) is 6.04 Å². The fourth-order valence-electron chi connectivity index (χ4n) is 4.07. The molecular weight excluding hydrogens is 422 g/mol. The number of thioether (sulfide) groups is 1. The molecule has 6 nitrogen and oxygen atoms in total. The fraction of sp³-hybridized carbons (Fsp3) is 0.400. The summed E-state index contributed by atoms with van der Waals surface area (Å²) in [7, 11) is 1.63. The van der Waals surface area contributed by atoms with Gasteiger partial charge in [-0.1, -0.05) is 55.3 Å². The highest BCUT2D eigenvalue weighted by Gasteiger charge is 2.23. The summed E-state index contributed by atoms with van der Waals surface area (Å²) in [5.41, 5.74) is 1.51. The van der Waals surface area contributed by atoms with E-state index in [1.54, 1.807) is 17.7 Å². The maximum Gasteiger partial charge on any atom is 0.262 e. The highest BCUT2D eigenvalue weighted by molar-refractivity contribution is 8.00. The van der Waals surface area contributed by atoms with E-state index in [2.05, 4.69) is 5.32 Å². The second-order valence-electron chi connectivity index (χ2n) is 8.25. The van der Waals surface area contributed by atoms with Crippen molar-refractivity contribution in [3.05, 3.63) is 64.4 Å². The summed E-state index contributed by atoms with van der Waals surface area (Å²) >= 11 is 1.34. The minimum atomic E-state index is -0.355. The summed E-state index contributed by atoms with van der Waals surface area (Å²) in [6.45, 7) is 2.25. The number of rotatable bonds is 7. The number of ether oxygens (including phenoxy) is 1. The maximum atomic E-state index is 13.3. The third-order valence-corrected chi connectivity index (χ3v) is 7.02. The number of hydrogen-bond donors (Lipinski definition) is 1. The number of carbonyl (C=O) groups excluding carboxylic acids is 1. The van der Waals surface area contributed by atoms with Crippen molar-refractivity contribution in [2.75, 3.05) is 7.11 Å². The van der Waals surface area contributed by atoms with Gasteiger partial charge in [-0.25, -0.2) is 4.98 Å². The molecule has 7 heteroatoms. The monoisotopic (exact) mass is 451 g/mol. The highest BCUT2D eigenvalue weighted by Crippen LogP contribution is 2.25. The van der Waals surface area contributed by atoms with Crippen molar-refractivity contribution in [3.8, 4) is 5.75 Å². The van der Waals surface area contributed by atoms with Gasteiger partial charge in [0.05, 0.1) is 29.8 Å². The summed E-state index contributed by atoms with van der Waals surface area (Å²) in [4.78, 5) is 30.9. The SMILES string of the molecule is COc1ccc(Cn2c(SC(C)C(=O)NC3CCCCC3)nc3ccccc3c2=O)cc1. The lowest BCUT2D eigenvalue weighted by molar-refractivity contribution is -0.121. The van der Waals surface area contributed by atoms with E-state index in [4.69, 9.17) is 9.72 Å². The molecule has 0 spiro atoms. The Kier molecular flexibility index (Phi) is 7.15. The average Bonchev–Trinajstić information content (AvgIpc) is 2.82. The summed E-state index contributed by atoms with van der Waals surface area (Å²) < 4.78 is 6.90. The van der Waals surface area contributed by atoms with Gasteiger partial charge < -0.3 is 10.1 Å².